The summed E-state index contributed by atoms with van der Waals surface area (Å²) in [6, 6.07) is -0.401. The summed E-state index contributed by atoms with van der Waals surface area (Å²) in [6.07, 6.45) is 0.564. The van der Waals surface area contributed by atoms with Gasteiger partial charge in [-0.05, 0) is 20.3 Å². The monoisotopic (exact) mass is 273 g/mol. The van der Waals surface area contributed by atoms with Crippen molar-refractivity contribution in [3.8, 4) is 0 Å². The van der Waals surface area contributed by atoms with Crippen molar-refractivity contribution in [2.75, 3.05) is 20.6 Å². The summed E-state index contributed by atoms with van der Waals surface area (Å²) in [4.78, 5) is 34.8. The van der Waals surface area contributed by atoms with Gasteiger partial charge in [0, 0.05) is 39.0 Å². The van der Waals surface area contributed by atoms with Crippen molar-refractivity contribution in [1.29, 1.82) is 0 Å². The van der Waals surface area contributed by atoms with Crippen molar-refractivity contribution < 1.29 is 19.5 Å². The summed E-state index contributed by atoms with van der Waals surface area (Å²) < 4.78 is 0. The van der Waals surface area contributed by atoms with Gasteiger partial charge in [0.25, 0.3) is 0 Å². The molecule has 7 heteroatoms. The van der Waals surface area contributed by atoms with Crippen LogP contribution >= 0.6 is 0 Å². The van der Waals surface area contributed by atoms with Gasteiger partial charge in [-0.1, -0.05) is 0 Å². The summed E-state index contributed by atoms with van der Waals surface area (Å²) in [5.41, 5.74) is -0.603. The van der Waals surface area contributed by atoms with Crippen molar-refractivity contribution in [1.82, 2.24) is 15.5 Å². The first kappa shape index (κ1) is 17.2. The molecule has 0 rings (SSSR count). The van der Waals surface area contributed by atoms with Gasteiger partial charge in [0.15, 0.2) is 0 Å². The van der Waals surface area contributed by atoms with Crippen molar-refractivity contribution in [3.05, 3.63) is 0 Å². The van der Waals surface area contributed by atoms with Crippen LogP contribution in [0.3, 0.4) is 0 Å². The van der Waals surface area contributed by atoms with E-state index in [0.717, 1.165) is 0 Å². The molecule has 0 bridgehead atoms. The molecule has 0 aliphatic heterocycles. The van der Waals surface area contributed by atoms with Crippen LogP contribution in [0.4, 0.5) is 4.79 Å². The second-order valence-corrected chi connectivity index (χ2v) is 5.20. The zero-order valence-corrected chi connectivity index (χ0v) is 11.9. The average molecular weight is 273 g/mol. The van der Waals surface area contributed by atoms with Crippen LogP contribution in [0.5, 0.6) is 0 Å². The van der Waals surface area contributed by atoms with Crippen molar-refractivity contribution in [3.63, 3.8) is 0 Å². The number of rotatable bonds is 7. The van der Waals surface area contributed by atoms with E-state index >= 15 is 0 Å². The highest BCUT2D eigenvalue weighted by atomic mass is 16.4. The molecule has 0 aromatic rings. The maximum atomic E-state index is 11.6. The zero-order chi connectivity index (χ0) is 15.1. The maximum absolute atomic E-state index is 11.6. The van der Waals surface area contributed by atoms with Crippen LogP contribution in [0.25, 0.3) is 0 Å². The van der Waals surface area contributed by atoms with Crippen molar-refractivity contribution in [2.45, 2.75) is 38.6 Å². The second kappa shape index (κ2) is 7.60. The molecule has 0 heterocycles. The summed E-state index contributed by atoms with van der Waals surface area (Å²) in [5.74, 6) is -0.961. The van der Waals surface area contributed by atoms with Gasteiger partial charge in [-0.15, -0.1) is 0 Å². The van der Waals surface area contributed by atoms with Gasteiger partial charge >= 0.3 is 12.0 Å². The zero-order valence-electron chi connectivity index (χ0n) is 11.9. The molecule has 0 saturated carbocycles. The SMILES string of the molecule is CN(C)C(=O)CCNC(=O)NC(C)(C)CCC(=O)O. The van der Waals surface area contributed by atoms with Gasteiger partial charge in [-0.3, -0.25) is 9.59 Å². The van der Waals surface area contributed by atoms with Gasteiger partial charge in [0.05, 0.1) is 0 Å². The quantitative estimate of drug-likeness (QED) is 0.625. The van der Waals surface area contributed by atoms with E-state index in [0.29, 0.717) is 6.42 Å². The number of amides is 3. The lowest BCUT2D eigenvalue weighted by molar-refractivity contribution is -0.137. The second-order valence-electron chi connectivity index (χ2n) is 5.20. The third-order valence-corrected chi connectivity index (χ3v) is 2.54. The van der Waals surface area contributed by atoms with Crippen LogP contribution in [0.15, 0.2) is 0 Å². The first-order chi connectivity index (χ1) is 8.64. The summed E-state index contributed by atoms with van der Waals surface area (Å²) in [5, 5.41) is 13.8. The highest BCUT2D eigenvalue weighted by Crippen LogP contribution is 2.10. The number of hydrogen-bond acceptors (Lipinski definition) is 3. The van der Waals surface area contributed by atoms with Crippen LogP contribution in [-0.2, 0) is 9.59 Å². The third-order valence-electron chi connectivity index (χ3n) is 2.54. The Balaban J connectivity index is 3.96. The lowest BCUT2D eigenvalue weighted by Gasteiger charge is -2.25. The number of nitrogens with zero attached hydrogens (tertiary/aromatic N) is 1. The number of carbonyl (C=O) groups is 3. The highest BCUT2D eigenvalue weighted by Gasteiger charge is 2.21. The van der Waals surface area contributed by atoms with E-state index < -0.39 is 17.5 Å². The fourth-order valence-corrected chi connectivity index (χ4v) is 1.34. The average Bonchev–Trinajstić information content (AvgIpc) is 2.25. The third kappa shape index (κ3) is 8.87. The minimum absolute atomic E-state index is 0.00754. The number of carboxylic acids is 1. The molecule has 7 nitrogen and oxygen atoms in total. The van der Waals surface area contributed by atoms with E-state index in [4.69, 9.17) is 5.11 Å². The van der Waals surface area contributed by atoms with Crippen molar-refractivity contribution in [2.24, 2.45) is 0 Å². The molecule has 0 unspecified atom stereocenters. The first-order valence-electron chi connectivity index (χ1n) is 6.12. The predicted octanol–water partition coefficient (Wildman–Crippen LogP) is 0.407. The van der Waals surface area contributed by atoms with Gasteiger partial charge in [0.2, 0.25) is 5.91 Å². The minimum Gasteiger partial charge on any atom is -0.481 e. The lowest BCUT2D eigenvalue weighted by Crippen LogP contribution is -2.49. The molecule has 19 heavy (non-hydrogen) atoms. The molecular formula is C12H23N3O4. The maximum Gasteiger partial charge on any atom is 0.315 e. The fourth-order valence-electron chi connectivity index (χ4n) is 1.34. The summed E-state index contributed by atoms with van der Waals surface area (Å²) >= 11 is 0. The van der Waals surface area contributed by atoms with E-state index in [2.05, 4.69) is 10.6 Å². The van der Waals surface area contributed by atoms with Crippen molar-refractivity contribution >= 4 is 17.9 Å². The molecule has 110 valence electrons. The van der Waals surface area contributed by atoms with Gasteiger partial charge in [-0.25, -0.2) is 4.79 Å². The molecule has 0 spiro atoms. The molecular weight excluding hydrogens is 250 g/mol. The molecule has 0 saturated heterocycles. The minimum atomic E-state index is -0.896. The van der Waals surface area contributed by atoms with E-state index in [9.17, 15) is 14.4 Å². The van der Waals surface area contributed by atoms with Crippen LogP contribution in [0.1, 0.15) is 33.1 Å². The van der Waals surface area contributed by atoms with Gasteiger partial charge in [-0.2, -0.15) is 0 Å². The number of hydrogen-bond donors (Lipinski definition) is 3. The number of carboxylic acid groups (broad SMARTS) is 1. The number of carbonyl (C=O) groups excluding carboxylic acids is 2. The Kier molecular flexibility index (Phi) is 6.89. The van der Waals surface area contributed by atoms with E-state index in [1.165, 1.54) is 4.90 Å². The van der Waals surface area contributed by atoms with Crippen LogP contribution < -0.4 is 10.6 Å². The molecule has 3 amide bonds. The van der Waals surface area contributed by atoms with Crippen LogP contribution in [0, 0.1) is 0 Å². The molecule has 0 aliphatic rings. The molecule has 0 aliphatic carbocycles. The van der Waals surface area contributed by atoms with Gasteiger partial charge in [0.1, 0.15) is 0 Å². The van der Waals surface area contributed by atoms with E-state index in [-0.39, 0.29) is 25.3 Å². The van der Waals surface area contributed by atoms with Crippen LogP contribution in [-0.4, -0.2) is 54.1 Å². The molecule has 0 aromatic carbocycles. The topological polar surface area (TPSA) is 98.7 Å². The number of aliphatic carboxylic acids is 1. The Bertz CT molecular complexity index is 340. The number of urea groups is 1. The fraction of sp³-hybridized carbons (Fsp3) is 0.750. The molecule has 3 N–H and O–H groups in total. The smallest absolute Gasteiger partial charge is 0.315 e. The van der Waals surface area contributed by atoms with E-state index in [1.54, 1.807) is 27.9 Å². The van der Waals surface area contributed by atoms with E-state index in [1.807, 2.05) is 0 Å². The van der Waals surface area contributed by atoms with Gasteiger partial charge < -0.3 is 20.6 Å². The Hall–Kier alpha value is -1.79. The summed E-state index contributed by atoms with van der Waals surface area (Å²) in [6.45, 7) is 3.75. The number of nitrogens with one attached hydrogen (secondary N) is 2. The molecule has 0 fully saturated rings. The molecule has 0 aromatic heterocycles. The van der Waals surface area contributed by atoms with Crippen LogP contribution in [0.2, 0.25) is 0 Å². The largest absolute Gasteiger partial charge is 0.481 e. The Morgan fingerprint density at radius 3 is 2.21 bits per heavy atom. The standard InChI is InChI=1S/C12H23N3O4/c1-12(2,7-5-10(17)18)14-11(19)13-8-6-9(16)15(3)4/h5-8H2,1-4H3,(H,17,18)(H2,13,14,19). The Morgan fingerprint density at radius 1 is 1.16 bits per heavy atom. The highest BCUT2D eigenvalue weighted by molar-refractivity contribution is 5.78. The first-order valence-corrected chi connectivity index (χ1v) is 6.12. The Labute approximate surface area is 113 Å². The molecule has 0 atom stereocenters. The molecule has 0 radical (unpaired) electrons. The Morgan fingerprint density at radius 2 is 1.74 bits per heavy atom. The summed E-state index contributed by atoms with van der Waals surface area (Å²) in [7, 11) is 3.30. The lowest BCUT2D eigenvalue weighted by atomic mass is 9.99. The predicted molar refractivity (Wildman–Crippen MR) is 70.8 cm³/mol. The normalized spacial score (nSPS) is 10.7.